The summed E-state index contributed by atoms with van der Waals surface area (Å²) in [6, 6.07) is 4.36. The number of nitrogens with one attached hydrogen (secondary N) is 2. The van der Waals surface area contributed by atoms with Gasteiger partial charge in [0.05, 0.1) is 7.11 Å². The molecule has 0 heterocycles. The van der Waals surface area contributed by atoms with E-state index in [4.69, 9.17) is 4.74 Å². The summed E-state index contributed by atoms with van der Waals surface area (Å²) in [6.07, 6.45) is 4.02. The fourth-order valence-corrected chi connectivity index (χ4v) is 3.13. The van der Waals surface area contributed by atoms with E-state index in [9.17, 15) is 0 Å². The molecule has 1 aromatic rings. The lowest BCUT2D eigenvalue weighted by Gasteiger charge is -2.42. The average Bonchev–Trinajstić information content (AvgIpc) is 2.32. The van der Waals surface area contributed by atoms with E-state index in [2.05, 4.69) is 36.6 Å². The van der Waals surface area contributed by atoms with Gasteiger partial charge in [0.1, 0.15) is 5.75 Å². The Hall–Kier alpha value is -1.22. The zero-order valence-electron chi connectivity index (χ0n) is 12.6. The van der Waals surface area contributed by atoms with Crippen LogP contribution >= 0.6 is 0 Å². The van der Waals surface area contributed by atoms with Gasteiger partial charge in [-0.15, -0.1) is 0 Å². The molecule has 0 amide bonds. The van der Waals surface area contributed by atoms with Gasteiger partial charge >= 0.3 is 0 Å². The lowest BCUT2D eigenvalue weighted by molar-refractivity contribution is 0.151. The SMILES string of the molecule is CNCC1(CNc2cc(C)c(OC)c(C)c2)CCC1. The van der Waals surface area contributed by atoms with E-state index in [1.807, 2.05) is 7.05 Å². The van der Waals surface area contributed by atoms with Crippen LogP contribution in [0, 0.1) is 19.3 Å². The summed E-state index contributed by atoms with van der Waals surface area (Å²) in [5.74, 6) is 0.999. The topological polar surface area (TPSA) is 33.3 Å². The molecule has 1 saturated carbocycles. The minimum atomic E-state index is 0.455. The first kappa shape index (κ1) is 14.2. The Morgan fingerprint density at radius 2 is 1.79 bits per heavy atom. The van der Waals surface area contributed by atoms with Crippen molar-refractivity contribution in [3.63, 3.8) is 0 Å². The molecule has 0 aliphatic heterocycles. The van der Waals surface area contributed by atoms with E-state index in [0.29, 0.717) is 5.41 Å². The number of ether oxygens (including phenoxy) is 1. The van der Waals surface area contributed by atoms with Crippen molar-refractivity contribution < 1.29 is 4.74 Å². The van der Waals surface area contributed by atoms with Gasteiger partial charge in [-0.3, -0.25) is 0 Å². The molecule has 1 aromatic carbocycles. The second kappa shape index (κ2) is 5.83. The molecule has 1 fully saturated rings. The Bertz CT molecular complexity index is 415. The molecule has 1 aliphatic rings. The molecule has 3 heteroatoms. The number of benzene rings is 1. The predicted octanol–water partition coefficient (Wildman–Crippen LogP) is 3.11. The summed E-state index contributed by atoms with van der Waals surface area (Å²) in [6.45, 7) is 6.36. The second-order valence-corrected chi connectivity index (χ2v) is 5.88. The highest BCUT2D eigenvalue weighted by Crippen LogP contribution is 2.40. The Morgan fingerprint density at radius 3 is 2.21 bits per heavy atom. The van der Waals surface area contributed by atoms with Gasteiger partial charge in [0.25, 0.3) is 0 Å². The van der Waals surface area contributed by atoms with Crippen LogP contribution in [-0.2, 0) is 0 Å². The van der Waals surface area contributed by atoms with E-state index in [1.54, 1.807) is 7.11 Å². The summed E-state index contributed by atoms with van der Waals surface area (Å²) < 4.78 is 5.41. The van der Waals surface area contributed by atoms with E-state index in [1.165, 1.54) is 36.1 Å². The van der Waals surface area contributed by atoms with E-state index >= 15 is 0 Å². The molecule has 0 bridgehead atoms. The van der Waals surface area contributed by atoms with Gasteiger partial charge in [-0.1, -0.05) is 6.42 Å². The molecule has 2 N–H and O–H groups in total. The number of hydrogen-bond donors (Lipinski definition) is 2. The van der Waals surface area contributed by atoms with Crippen LogP contribution in [0.15, 0.2) is 12.1 Å². The van der Waals surface area contributed by atoms with Crippen molar-refractivity contribution >= 4 is 5.69 Å². The average molecular weight is 262 g/mol. The quantitative estimate of drug-likeness (QED) is 0.826. The molecule has 106 valence electrons. The highest BCUT2D eigenvalue weighted by Gasteiger charge is 2.35. The van der Waals surface area contributed by atoms with Crippen LogP contribution in [0.3, 0.4) is 0 Å². The molecule has 0 unspecified atom stereocenters. The minimum Gasteiger partial charge on any atom is -0.496 e. The van der Waals surface area contributed by atoms with Crippen LogP contribution in [0.4, 0.5) is 5.69 Å². The fourth-order valence-electron chi connectivity index (χ4n) is 3.13. The highest BCUT2D eigenvalue weighted by atomic mass is 16.5. The molecule has 1 aliphatic carbocycles. The Balaban J connectivity index is 2.03. The molecule has 0 spiro atoms. The maximum atomic E-state index is 5.41. The van der Waals surface area contributed by atoms with Crippen LogP contribution in [0.2, 0.25) is 0 Å². The third-order valence-corrected chi connectivity index (χ3v) is 4.30. The van der Waals surface area contributed by atoms with Gasteiger partial charge in [-0.2, -0.15) is 0 Å². The highest BCUT2D eigenvalue weighted by molar-refractivity contribution is 5.55. The van der Waals surface area contributed by atoms with Crippen molar-refractivity contribution in [3.8, 4) is 5.75 Å². The third kappa shape index (κ3) is 3.03. The largest absolute Gasteiger partial charge is 0.496 e. The zero-order valence-corrected chi connectivity index (χ0v) is 12.6. The van der Waals surface area contributed by atoms with Gasteiger partial charge in [0, 0.05) is 24.2 Å². The summed E-state index contributed by atoms with van der Waals surface area (Å²) in [5.41, 5.74) is 4.05. The van der Waals surface area contributed by atoms with Crippen LogP contribution in [0.5, 0.6) is 5.75 Å². The Morgan fingerprint density at radius 1 is 1.16 bits per heavy atom. The lowest BCUT2D eigenvalue weighted by Crippen LogP contribution is -2.44. The molecule has 0 saturated heterocycles. The van der Waals surface area contributed by atoms with Crippen molar-refractivity contribution in [3.05, 3.63) is 23.3 Å². The standard InChI is InChI=1S/C16H26N2O/c1-12-8-14(9-13(2)15(12)19-4)18-11-16(10-17-3)6-5-7-16/h8-9,17-18H,5-7,10-11H2,1-4H3. The fraction of sp³-hybridized carbons (Fsp3) is 0.625. The van der Waals surface area contributed by atoms with Crippen LogP contribution in [0.25, 0.3) is 0 Å². The van der Waals surface area contributed by atoms with Crippen LogP contribution in [0.1, 0.15) is 30.4 Å². The first-order chi connectivity index (χ1) is 9.10. The zero-order chi connectivity index (χ0) is 13.9. The minimum absolute atomic E-state index is 0.455. The number of methoxy groups -OCH3 is 1. The molecular weight excluding hydrogens is 236 g/mol. The number of rotatable bonds is 6. The molecule has 19 heavy (non-hydrogen) atoms. The number of anilines is 1. The van der Waals surface area contributed by atoms with Gasteiger partial charge in [-0.05, 0) is 57.0 Å². The van der Waals surface area contributed by atoms with E-state index < -0.39 is 0 Å². The van der Waals surface area contributed by atoms with Gasteiger partial charge in [-0.25, -0.2) is 0 Å². The van der Waals surface area contributed by atoms with Gasteiger partial charge in [0.15, 0.2) is 0 Å². The number of aryl methyl sites for hydroxylation is 2. The molecule has 0 radical (unpaired) electrons. The van der Waals surface area contributed by atoms with Crippen molar-refractivity contribution in [2.45, 2.75) is 33.1 Å². The molecule has 0 aromatic heterocycles. The monoisotopic (exact) mass is 262 g/mol. The predicted molar refractivity (Wildman–Crippen MR) is 81.2 cm³/mol. The van der Waals surface area contributed by atoms with Crippen molar-refractivity contribution in [2.24, 2.45) is 5.41 Å². The Labute approximate surface area is 116 Å². The molecule has 3 nitrogen and oxygen atoms in total. The first-order valence-electron chi connectivity index (χ1n) is 7.14. The summed E-state index contributed by atoms with van der Waals surface area (Å²) in [7, 11) is 3.78. The van der Waals surface area contributed by atoms with Crippen molar-refractivity contribution in [1.82, 2.24) is 5.32 Å². The van der Waals surface area contributed by atoms with Crippen LogP contribution in [-0.4, -0.2) is 27.2 Å². The van der Waals surface area contributed by atoms with Crippen LogP contribution < -0.4 is 15.4 Å². The Kier molecular flexibility index (Phi) is 4.35. The summed E-state index contributed by atoms with van der Waals surface area (Å²) in [5, 5.41) is 6.94. The summed E-state index contributed by atoms with van der Waals surface area (Å²) >= 11 is 0. The molecule has 0 atom stereocenters. The third-order valence-electron chi connectivity index (χ3n) is 4.30. The maximum Gasteiger partial charge on any atom is 0.124 e. The van der Waals surface area contributed by atoms with Gasteiger partial charge in [0.2, 0.25) is 0 Å². The van der Waals surface area contributed by atoms with Crippen molar-refractivity contribution in [1.29, 1.82) is 0 Å². The lowest BCUT2D eigenvalue weighted by atomic mass is 9.68. The molecular formula is C16H26N2O. The van der Waals surface area contributed by atoms with E-state index in [-0.39, 0.29) is 0 Å². The smallest absolute Gasteiger partial charge is 0.124 e. The maximum absolute atomic E-state index is 5.41. The number of hydrogen-bond acceptors (Lipinski definition) is 3. The normalized spacial score (nSPS) is 16.8. The van der Waals surface area contributed by atoms with Gasteiger partial charge < -0.3 is 15.4 Å². The van der Waals surface area contributed by atoms with Crippen molar-refractivity contribution in [2.75, 3.05) is 32.6 Å². The summed E-state index contributed by atoms with van der Waals surface area (Å²) in [4.78, 5) is 0. The van der Waals surface area contributed by atoms with E-state index in [0.717, 1.165) is 18.8 Å². The second-order valence-electron chi connectivity index (χ2n) is 5.88. The molecule has 2 rings (SSSR count). The first-order valence-corrected chi connectivity index (χ1v) is 7.14.